The number of hydrogen-bond donors (Lipinski definition) is 3. The van der Waals surface area contributed by atoms with Gasteiger partial charge in [0.25, 0.3) is 17.7 Å². The fourth-order valence-corrected chi connectivity index (χ4v) is 2.79. The van der Waals surface area contributed by atoms with Gasteiger partial charge in [-0.2, -0.15) is 0 Å². The van der Waals surface area contributed by atoms with Gasteiger partial charge in [-0.1, -0.05) is 18.2 Å². The van der Waals surface area contributed by atoms with Crippen LogP contribution in [0.4, 0.5) is 5.69 Å². The third-order valence-electron chi connectivity index (χ3n) is 4.37. The van der Waals surface area contributed by atoms with Crippen LogP contribution in [-0.4, -0.2) is 24.5 Å². The van der Waals surface area contributed by atoms with Crippen LogP contribution in [0.3, 0.4) is 0 Å². The van der Waals surface area contributed by atoms with Crippen LogP contribution in [0.15, 0.2) is 72.8 Å². The van der Waals surface area contributed by atoms with Crippen LogP contribution in [0.2, 0.25) is 0 Å². The largest absolute Gasteiger partial charge is 0.454 e. The van der Waals surface area contributed by atoms with Crippen molar-refractivity contribution in [3.63, 3.8) is 0 Å². The quantitative estimate of drug-likeness (QED) is 0.581. The second-order valence-electron chi connectivity index (χ2n) is 6.37. The van der Waals surface area contributed by atoms with Crippen LogP contribution in [0.5, 0.6) is 11.5 Å². The van der Waals surface area contributed by atoms with Gasteiger partial charge in [0.15, 0.2) is 11.5 Å². The van der Waals surface area contributed by atoms with Crippen LogP contribution >= 0.6 is 0 Å². The molecule has 0 saturated heterocycles. The number of hydrogen-bond acceptors (Lipinski definition) is 5. The van der Waals surface area contributed by atoms with Crippen molar-refractivity contribution in [1.82, 2.24) is 10.9 Å². The molecule has 0 unspecified atom stereocenters. The van der Waals surface area contributed by atoms with E-state index in [4.69, 9.17) is 9.47 Å². The molecule has 0 radical (unpaired) electrons. The number of carbonyl (C=O) groups excluding carboxylic acids is 3. The van der Waals surface area contributed by atoms with Crippen LogP contribution < -0.4 is 25.6 Å². The molecule has 4 rings (SSSR count). The lowest BCUT2D eigenvalue weighted by Crippen LogP contribution is -2.41. The van der Waals surface area contributed by atoms with E-state index in [0.717, 1.165) is 0 Å². The molecule has 0 spiro atoms. The first-order valence-electron chi connectivity index (χ1n) is 9.07. The van der Waals surface area contributed by atoms with E-state index in [1.165, 1.54) is 6.07 Å². The number of fused-ring (bicyclic) bond motifs is 1. The average Bonchev–Trinajstić information content (AvgIpc) is 3.26. The van der Waals surface area contributed by atoms with Crippen LogP contribution in [0.25, 0.3) is 0 Å². The Bertz CT molecular complexity index is 1100. The molecule has 3 amide bonds. The number of carbonyl (C=O) groups is 3. The summed E-state index contributed by atoms with van der Waals surface area (Å²) >= 11 is 0. The molecule has 0 aliphatic carbocycles. The van der Waals surface area contributed by atoms with Gasteiger partial charge >= 0.3 is 0 Å². The summed E-state index contributed by atoms with van der Waals surface area (Å²) in [5.41, 5.74) is 6.42. The number of hydrazine groups is 1. The third-order valence-corrected chi connectivity index (χ3v) is 4.37. The second-order valence-corrected chi connectivity index (χ2v) is 6.37. The fraction of sp³-hybridized carbons (Fsp3) is 0.0455. The number of nitrogens with one attached hydrogen (secondary N) is 3. The summed E-state index contributed by atoms with van der Waals surface area (Å²) in [6.45, 7) is 0.110. The maximum Gasteiger partial charge on any atom is 0.269 e. The first-order chi connectivity index (χ1) is 14.6. The van der Waals surface area contributed by atoms with Crippen LogP contribution in [0.1, 0.15) is 31.1 Å². The van der Waals surface area contributed by atoms with Gasteiger partial charge in [-0.3, -0.25) is 25.2 Å². The molecule has 0 aromatic heterocycles. The standard InChI is InChI=1S/C22H17N3O5/c26-20(14-4-2-1-3-5-14)23-17-9-6-15(7-10-17)21(27)24-25-22(28)16-8-11-18-19(12-16)30-13-29-18/h1-12H,13H2,(H,23,26)(H,24,27)(H,25,28). The topological polar surface area (TPSA) is 106 Å². The Morgan fingerprint density at radius 3 is 1.97 bits per heavy atom. The Balaban J connectivity index is 1.32. The first kappa shape index (κ1) is 19.0. The van der Waals surface area contributed by atoms with Gasteiger partial charge in [0.1, 0.15) is 0 Å². The van der Waals surface area contributed by atoms with Crippen LogP contribution in [0, 0.1) is 0 Å². The maximum atomic E-state index is 12.3. The zero-order valence-electron chi connectivity index (χ0n) is 15.7. The molecule has 1 aliphatic heterocycles. The fourth-order valence-electron chi connectivity index (χ4n) is 2.79. The predicted octanol–water partition coefficient (Wildman–Crippen LogP) is 2.74. The Morgan fingerprint density at radius 2 is 1.23 bits per heavy atom. The van der Waals surface area contributed by atoms with E-state index in [1.807, 2.05) is 6.07 Å². The average molecular weight is 403 g/mol. The van der Waals surface area contributed by atoms with Crippen molar-refractivity contribution >= 4 is 23.4 Å². The van der Waals surface area contributed by atoms with E-state index < -0.39 is 11.8 Å². The summed E-state index contributed by atoms with van der Waals surface area (Å²) in [5, 5.41) is 2.75. The van der Waals surface area contributed by atoms with Gasteiger partial charge in [-0.05, 0) is 54.6 Å². The third kappa shape index (κ3) is 4.22. The van der Waals surface area contributed by atoms with E-state index in [2.05, 4.69) is 16.2 Å². The molecular weight excluding hydrogens is 386 g/mol. The van der Waals surface area contributed by atoms with Crippen molar-refractivity contribution < 1.29 is 23.9 Å². The van der Waals surface area contributed by atoms with Gasteiger partial charge in [0.05, 0.1) is 0 Å². The lowest BCUT2D eigenvalue weighted by atomic mass is 10.1. The smallest absolute Gasteiger partial charge is 0.269 e. The molecule has 3 N–H and O–H groups in total. The molecule has 0 bridgehead atoms. The minimum atomic E-state index is -0.495. The molecule has 0 saturated carbocycles. The molecule has 3 aromatic carbocycles. The van der Waals surface area contributed by atoms with E-state index in [1.54, 1.807) is 60.7 Å². The number of ether oxygens (including phenoxy) is 2. The summed E-state index contributed by atoms with van der Waals surface area (Å²) in [4.78, 5) is 36.6. The number of rotatable bonds is 4. The minimum Gasteiger partial charge on any atom is -0.454 e. The Labute approximate surface area is 171 Å². The van der Waals surface area contributed by atoms with E-state index in [0.29, 0.717) is 33.9 Å². The van der Waals surface area contributed by atoms with Crippen molar-refractivity contribution in [1.29, 1.82) is 0 Å². The lowest BCUT2D eigenvalue weighted by Gasteiger charge is -2.09. The lowest BCUT2D eigenvalue weighted by molar-refractivity contribution is 0.0846. The maximum absolute atomic E-state index is 12.3. The Morgan fingerprint density at radius 1 is 0.633 bits per heavy atom. The number of benzene rings is 3. The molecule has 8 nitrogen and oxygen atoms in total. The summed E-state index contributed by atoms with van der Waals surface area (Å²) < 4.78 is 10.4. The highest BCUT2D eigenvalue weighted by atomic mass is 16.7. The van der Waals surface area contributed by atoms with E-state index in [-0.39, 0.29) is 12.7 Å². The normalized spacial score (nSPS) is 11.5. The first-order valence-corrected chi connectivity index (χ1v) is 9.07. The van der Waals surface area contributed by atoms with Gasteiger partial charge in [0, 0.05) is 22.4 Å². The Hall–Kier alpha value is -4.33. The highest BCUT2D eigenvalue weighted by Gasteiger charge is 2.17. The highest BCUT2D eigenvalue weighted by Crippen LogP contribution is 2.32. The highest BCUT2D eigenvalue weighted by molar-refractivity contribution is 6.04. The SMILES string of the molecule is O=C(NNC(=O)c1ccc2c(c1)OCO2)c1ccc(NC(=O)c2ccccc2)cc1. The summed E-state index contributed by atoms with van der Waals surface area (Å²) in [6, 6.07) is 19.8. The number of anilines is 1. The molecule has 1 heterocycles. The van der Waals surface area contributed by atoms with Gasteiger partial charge in [0.2, 0.25) is 6.79 Å². The van der Waals surface area contributed by atoms with Crippen molar-refractivity contribution in [2.75, 3.05) is 12.1 Å². The molecular formula is C22H17N3O5. The van der Waals surface area contributed by atoms with E-state index >= 15 is 0 Å². The van der Waals surface area contributed by atoms with Crippen molar-refractivity contribution in [3.05, 3.63) is 89.5 Å². The van der Waals surface area contributed by atoms with Crippen molar-refractivity contribution in [3.8, 4) is 11.5 Å². The van der Waals surface area contributed by atoms with Gasteiger partial charge in [-0.25, -0.2) is 0 Å². The summed E-state index contributed by atoms with van der Waals surface area (Å²) in [7, 11) is 0. The molecule has 30 heavy (non-hydrogen) atoms. The minimum absolute atomic E-state index is 0.110. The van der Waals surface area contributed by atoms with Crippen molar-refractivity contribution in [2.24, 2.45) is 0 Å². The Kier molecular flexibility index (Phi) is 5.29. The molecule has 8 heteroatoms. The molecule has 0 fully saturated rings. The molecule has 3 aromatic rings. The number of amides is 3. The molecule has 1 aliphatic rings. The summed E-state index contributed by atoms with van der Waals surface area (Å²) in [6.07, 6.45) is 0. The van der Waals surface area contributed by atoms with Gasteiger partial charge in [-0.15, -0.1) is 0 Å². The molecule has 0 atom stereocenters. The van der Waals surface area contributed by atoms with Gasteiger partial charge < -0.3 is 14.8 Å². The van der Waals surface area contributed by atoms with Crippen LogP contribution in [-0.2, 0) is 0 Å². The van der Waals surface area contributed by atoms with Crippen molar-refractivity contribution in [2.45, 2.75) is 0 Å². The van der Waals surface area contributed by atoms with E-state index in [9.17, 15) is 14.4 Å². The second kappa shape index (κ2) is 8.36. The predicted molar refractivity (Wildman–Crippen MR) is 108 cm³/mol. The summed E-state index contributed by atoms with van der Waals surface area (Å²) in [5.74, 6) is -0.195. The monoisotopic (exact) mass is 403 g/mol. The molecule has 150 valence electrons. The zero-order chi connectivity index (χ0) is 20.9. The zero-order valence-corrected chi connectivity index (χ0v) is 15.7.